The molecule has 0 aliphatic rings. The van der Waals surface area contributed by atoms with Crippen LogP contribution in [0.25, 0.3) is 0 Å². The van der Waals surface area contributed by atoms with E-state index in [1.54, 1.807) is 25.6 Å². The van der Waals surface area contributed by atoms with Crippen molar-refractivity contribution in [3.05, 3.63) is 45.6 Å². The van der Waals surface area contributed by atoms with Gasteiger partial charge in [0.25, 0.3) is 0 Å². The maximum Gasteiger partial charge on any atom is 0.191 e. The first kappa shape index (κ1) is 21.6. The minimum absolute atomic E-state index is 0. The van der Waals surface area contributed by atoms with E-state index < -0.39 is 0 Å². The second-order valence-corrected chi connectivity index (χ2v) is 6.59. The number of aryl methyl sites for hydroxylation is 1. The van der Waals surface area contributed by atoms with Crippen molar-refractivity contribution in [3.63, 3.8) is 0 Å². The highest BCUT2D eigenvalue weighted by Gasteiger charge is 2.09. The third-order valence-corrected chi connectivity index (χ3v) is 4.46. The maximum absolute atomic E-state index is 5.46. The molecule has 0 aliphatic heterocycles. The van der Waals surface area contributed by atoms with E-state index in [2.05, 4.69) is 41.6 Å². The number of hydrogen-bond donors (Lipinski definition) is 2. The third-order valence-electron chi connectivity index (χ3n) is 3.46. The minimum atomic E-state index is 0. The number of halogens is 1. The van der Waals surface area contributed by atoms with Crippen molar-refractivity contribution in [3.8, 4) is 11.5 Å². The molecule has 2 rings (SSSR count). The average molecular weight is 475 g/mol. The molecule has 0 atom stereocenters. The molecule has 1 aromatic carbocycles. The molecular formula is C18H26IN3O2S. The summed E-state index contributed by atoms with van der Waals surface area (Å²) in [5.74, 6) is 2.24. The molecule has 0 amide bonds. The first-order chi connectivity index (χ1) is 11.7. The molecule has 0 fully saturated rings. The lowest BCUT2D eigenvalue weighted by Gasteiger charge is -2.13. The largest absolute Gasteiger partial charge is 0.493 e. The third kappa shape index (κ3) is 6.39. The Kier molecular flexibility index (Phi) is 9.66. The van der Waals surface area contributed by atoms with Gasteiger partial charge in [0.05, 0.1) is 27.3 Å². The lowest BCUT2D eigenvalue weighted by molar-refractivity contribution is 0.352. The molecule has 0 unspecified atom stereocenters. The Bertz CT molecular complexity index is 689. The van der Waals surface area contributed by atoms with E-state index in [1.807, 2.05) is 18.2 Å². The molecule has 0 bridgehead atoms. The lowest BCUT2D eigenvalue weighted by Crippen LogP contribution is -2.36. The molecule has 2 N–H and O–H groups in total. The van der Waals surface area contributed by atoms with Gasteiger partial charge in [0, 0.05) is 21.9 Å². The highest BCUT2D eigenvalue weighted by Crippen LogP contribution is 2.31. The summed E-state index contributed by atoms with van der Waals surface area (Å²) in [6, 6.07) is 10.1. The summed E-state index contributed by atoms with van der Waals surface area (Å²) in [4.78, 5) is 7.26. The van der Waals surface area contributed by atoms with Crippen LogP contribution in [-0.4, -0.2) is 26.7 Å². The van der Waals surface area contributed by atoms with E-state index in [-0.39, 0.29) is 24.0 Å². The van der Waals surface area contributed by atoms with Crippen molar-refractivity contribution in [1.82, 2.24) is 10.6 Å². The van der Waals surface area contributed by atoms with Gasteiger partial charge in [0.2, 0.25) is 0 Å². The number of benzene rings is 1. The van der Waals surface area contributed by atoms with E-state index in [0.717, 1.165) is 36.1 Å². The Morgan fingerprint density at radius 1 is 1.12 bits per heavy atom. The molecule has 138 valence electrons. The van der Waals surface area contributed by atoms with E-state index in [1.165, 1.54) is 9.75 Å². The van der Waals surface area contributed by atoms with Crippen LogP contribution < -0.4 is 20.1 Å². The van der Waals surface area contributed by atoms with Crippen molar-refractivity contribution < 1.29 is 9.47 Å². The van der Waals surface area contributed by atoms with Gasteiger partial charge in [-0.05, 0) is 32.0 Å². The fourth-order valence-corrected chi connectivity index (χ4v) is 3.17. The number of ether oxygens (including phenoxy) is 2. The van der Waals surface area contributed by atoms with Crippen molar-refractivity contribution in [1.29, 1.82) is 0 Å². The van der Waals surface area contributed by atoms with Gasteiger partial charge in [-0.2, -0.15) is 0 Å². The molecule has 1 heterocycles. The fourth-order valence-electron chi connectivity index (χ4n) is 2.34. The molecule has 5 nitrogen and oxygen atoms in total. The Hall–Kier alpha value is -1.48. The van der Waals surface area contributed by atoms with Gasteiger partial charge in [0.15, 0.2) is 17.5 Å². The number of guanidine groups is 1. The smallest absolute Gasteiger partial charge is 0.191 e. The van der Waals surface area contributed by atoms with Crippen molar-refractivity contribution in [2.45, 2.75) is 26.9 Å². The summed E-state index contributed by atoms with van der Waals surface area (Å²) in [6.45, 7) is 6.25. The Morgan fingerprint density at radius 3 is 2.52 bits per heavy atom. The highest BCUT2D eigenvalue weighted by atomic mass is 127. The van der Waals surface area contributed by atoms with Gasteiger partial charge < -0.3 is 20.1 Å². The average Bonchev–Trinajstić information content (AvgIpc) is 3.02. The van der Waals surface area contributed by atoms with Crippen LogP contribution in [-0.2, 0) is 13.1 Å². The summed E-state index contributed by atoms with van der Waals surface area (Å²) in [5, 5.41) is 6.63. The molecular weight excluding hydrogens is 449 g/mol. The van der Waals surface area contributed by atoms with E-state index in [0.29, 0.717) is 6.54 Å². The first-order valence-electron chi connectivity index (χ1n) is 7.95. The number of rotatable bonds is 7. The van der Waals surface area contributed by atoms with Crippen LogP contribution in [0.2, 0.25) is 0 Å². The van der Waals surface area contributed by atoms with Gasteiger partial charge in [-0.1, -0.05) is 12.1 Å². The van der Waals surface area contributed by atoms with Crippen LogP contribution in [0.3, 0.4) is 0 Å². The zero-order valence-electron chi connectivity index (χ0n) is 15.1. The van der Waals surface area contributed by atoms with Crippen molar-refractivity contribution >= 4 is 41.3 Å². The highest BCUT2D eigenvalue weighted by molar-refractivity contribution is 14.0. The normalized spacial score (nSPS) is 10.8. The van der Waals surface area contributed by atoms with Gasteiger partial charge in [-0.3, -0.25) is 0 Å². The van der Waals surface area contributed by atoms with E-state index >= 15 is 0 Å². The van der Waals surface area contributed by atoms with Gasteiger partial charge in [-0.25, -0.2) is 4.99 Å². The van der Waals surface area contributed by atoms with Crippen LogP contribution in [0.4, 0.5) is 0 Å². The molecule has 0 radical (unpaired) electrons. The quantitative estimate of drug-likeness (QED) is 0.362. The second-order valence-electron chi connectivity index (χ2n) is 5.21. The standard InChI is InChI=1S/C18H25N3O2S.HI/c1-5-19-18(21-12-15-10-9-13(2)24-15)20-11-14-7-6-8-16(22-3)17(14)23-4;/h6-10H,5,11-12H2,1-4H3,(H2,19,20,21);1H. The molecule has 1 aromatic heterocycles. The summed E-state index contributed by atoms with van der Waals surface area (Å²) < 4.78 is 10.8. The second kappa shape index (κ2) is 11.2. The van der Waals surface area contributed by atoms with Crippen LogP contribution in [0, 0.1) is 6.92 Å². The van der Waals surface area contributed by atoms with Crippen LogP contribution in [0.15, 0.2) is 35.3 Å². The van der Waals surface area contributed by atoms with Gasteiger partial charge >= 0.3 is 0 Å². The minimum Gasteiger partial charge on any atom is -0.493 e. The van der Waals surface area contributed by atoms with Crippen LogP contribution in [0.5, 0.6) is 11.5 Å². The molecule has 0 aliphatic carbocycles. The molecule has 0 spiro atoms. The van der Waals surface area contributed by atoms with Gasteiger partial charge in [-0.15, -0.1) is 35.3 Å². The van der Waals surface area contributed by atoms with Crippen LogP contribution in [0.1, 0.15) is 22.2 Å². The van der Waals surface area contributed by atoms with Crippen molar-refractivity contribution in [2.75, 3.05) is 20.8 Å². The zero-order chi connectivity index (χ0) is 17.4. The van der Waals surface area contributed by atoms with E-state index in [4.69, 9.17) is 9.47 Å². The molecule has 0 saturated carbocycles. The molecule has 0 saturated heterocycles. The predicted molar refractivity (Wildman–Crippen MR) is 116 cm³/mol. The summed E-state index contributed by atoms with van der Waals surface area (Å²) >= 11 is 1.79. The summed E-state index contributed by atoms with van der Waals surface area (Å²) in [7, 11) is 3.28. The lowest BCUT2D eigenvalue weighted by atomic mass is 10.2. The number of para-hydroxylation sites is 1. The molecule has 7 heteroatoms. The fraction of sp³-hybridized carbons (Fsp3) is 0.389. The number of methoxy groups -OCH3 is 2. The Balaban J connectivity index is 0.00000312. The number of nitrogens with zero attached hydrogens (tertiary/aromatic N) is 1. The Labute approximate surface area is 170 Å². The summed E-state index contributed by atoms with van der Waals surface area (Å²) in [6.07, 6.45) is 0. The van der Waals surface area contributed by atoms with E-state index in [9.17, 15) is 0 Å². The Morgan fingerprint density at radius 2 is 1.92 bits per heavy atom. The first-order valence-corrected chi connectivity index (χ1v) is 8.77. The molecule has 25 heavy (non-hydrogen) atoms. The number of aliphatic imine (C=N–C) groups is 1. The zero-order valence-corrected chi connectivity index (χ0v) is 18.2. The van der Waals surface area contributed by atoms with Gasteiger partial charge in [0.1, 0.15) is 0 Å². The monoisotopic (exact) mass is 475 g/mol. The van der Waals surface area contributed by atoms with Crippen molar-refractivity contribution in [2.24, 2.45) is 4.99 Å². The number of hydrogen-bond acceptors (Lipinski definition) is 4. The topological polar surface area (TPSA) is 54.9 Å². The maximum atomic E-state index is 5.46. The summed E-state index contributed by atoms with van der Waals surface area (Å²) in [5.41, 5.74) is 0.987. The van der Waals surface area contributed by atoms with Crippen LogP contribution >= 0.6 is 35.3 Å². The predicted octanol–water partition coefficient (Wildman–Crippen LogP) is 3.95. The number of nitrogens with one attached hydrogen (secondary N) is 2. The number of thiophene rings is 1. The molecule has 2 aromatic rings. The SMILES string of the molecule is CCNC(=NCc1cccc(OC)c1OC)NCc1ccc(C)s1.I.